The molecule has 0 aliphatic heterocycles. The van der Waals surface area contributed by atoms with Crippen LogP contribution >= 0.6 is 0 Å². The van der Waals surface area contributed by atoms with E-state index in [0.717, 1.165) is 12.1 Å². The van der Waals surface area contributed by atoms with Gasteiger partial charge >= 0.3 is 11.9 Å². The molecular formula is C16H14O7S. The summed E-state index contributed by atoms with van der Waals surface area (Å²) >= 11 is 0. The fourth-order valence-corrected chi connectivity index (χ4v) is 3.89. The smallest absolute Gasteiger partial charge is 0.333 e. The summed E-state index contributed by atoms with van der Waals surface area (Å²) in [6, 6.07) is 13.6. The maximum Gasteiger partial charge on any atom is 0.333 e. The van der Waals surface area contributed by atoms with E-state index in [0.29, 0.717) is 0 Å². The van der Waals surface area contributed by atoms with Crippen LogP contribution in [0.25, 0.3) is 0 Å². The first-order chi connectivity index (χ1) is 11.2. The maximum absolute atomic E-state index is 12.1. The van der Waals surface area contributed by atoms with Gasteiger partial charge in [0.05, 0.1) is 0 Å². The van der Waals surface area contributed by atoms with E-state index in [1.54, 1.807) is 6.07 Å². The van der Waals surface area contributed by atoms with Crippen LogP contribution in [0.1, 0.15) is 17.0 Å². The van der Waals surface area contributed by atoms with Crippen LogP contribution in [0.15, 0.2) is 60.7 Å². The third-order valence-electron chi connectivity index (χ3n) is 3.71. The molecule has 0 amide bonds. The molecule has 0 bridgehead atoms. The summed E-state index contributed by atoms with van der Waals surface area (Å²) < 4.78 is 30.9. The molecule has 8 heteroatoms. The van der Waals surface area contributed by atoms with E-state index >= 15 is 0 Å². The van der Waals surface area contributed by atoms with E-state index in [4.69, 9.17) is 0 Å². The van der Waals surface area contributed by atoms with Crippen LogP contribution < -0.4 is 0 Å². The molecule has 0 aromatic heterocycles. The van der Waals surface area contributed by atoms with Crippen LogP contribution in [-0.2, 0) is 24.5 Å². The Balaban J connectivity index is 2.93. The van der Waals surface area contributed by atoms with Crippen LogP contribution in [-0.4, -0.2) is 35.1 Å². The molecule has 2 aromatic rings. The second kappa shape index (κ2) is 6.42. The van der Waals surface area contributed by atoms with Crippen molar-refractivity contribution >= 4 is 22.1 Å². The summed E-state index contributed by atoms with van der Waals surface area (Å²) in [7, 11) is -5.35. The molecule has 2 aromatic carbocycles. The number of rotatable bonds is 6. The Kier molecular flexibility index (Phi) is 4.72. The zero-order valence-corrected chi connectivity index (χ0v) is 13.1. The molecule has 0 aliphatic rings. The zero-order chi connectivity index (χ0) is 18.0. The standard InChI is InChI=1S/C16H14O7S/c17-14(18)13(11-7-3-1-4-8-11)16(15(19)20,24(21,22)23)12-9-5-2-6-10-12/h1-10,13H,(H,17,18)(H,19,20)(H,21,22,23). The first kappa shape index (κ1) is 17.6. The number of hydrogen-bond donors (Lipinski definition) is 3. The maximum atomic E-state index is 12.1. The van der Waals surface area contributed by atoms with E-state index in [1.165, 1.54) is 42.5 Å². The van der Waals surface area contributed by atoms with E-state index in [2.05, 4.69) is 0 Å². The lowest BCUT2D eigenvalue weighted by atomic mass is 9.80. The lowest BCUT2D eigenvalue weighted by Gasteiger charge is -2.32. The molecule has 0 fully saturated rings. The van der Waals surface area contributed by atoms with Crippen molar-refractivity contribution in [2.75, 3.05) is 0 Å². The quantitative estimate of drug-likeness (QED) is 0.676. The number of hydrogen-bond acceptors (Lipinski definition) is 4. The van der Waals surface area contributed by atoms with Gasteiger partial charge < -0.3 is 10.2 Å². The lowest BCUT2D eigenvalue weighted by Crippen LogP contribution is -2.51. The predicted octanol–water partition coefficient (Wildman–Crippen LogP) is 1.72. The molecule has 24 heavy (non-hydrogen) atoms. The molecule has 2 rings (SSSR count). The number of carboxylic acid groups (broad SMARTS) is 2. The number of aliphatic carboxylic acids is 2. The van der Waals surface area contributed by atoms with Gasteiger partial charge in [-0.1, -0.05) is 60.7 Å². The predicted molar refractivity (Wildman–Crippen MR) is 84.1 cm³/mol. The highest BCUT2D eigenvalue weighted by Gasteiger charge is 2.61. The fraction of sp³-hybridized carbons (Fsp3) is 0.125. The van der Waals surface area contributed by atoms with Crippen molar-refractivity contribution in [3.63, 3.8) is 0 Å². The summed E-state index contributed by atoms with van der Waals surface area (Å²) in [5.74, 6) is -5.72. The first-order valence-corrected chi connectivity index (χ1v) is 8.20. The van der Waals surface area contributed by atoms with Crippen LogP contribution in [0, 0.1) is 0 Å². The van der Waals surface area contributed by atoms with Crippen molar-refractivity contribution in [3.8, 4) is 0 Å². The molecule has 3 N–H and O–H groups in total. The highest BCUT2D eigenvalue weighted by molar-refractivity contribution is 7.87. The Labute approximate surface area is 137 Å². The monoisotopic (exact) mass is 350 g/mol. The summed E-state index contributed by atoms with van der Waals surface area (Å²) in [5.41, 5.74) is -0.412. The Bertz CT molecular complexity index is 847. The first-order valence-electron chi connectivity index (χ1n) is 6.76. The molecule has 0 radical (unpaired) electrons. The van der Waals surface area contributed by atoms with Crippen LogP contribution in [0.4, 0.5) is 0 Å². The van der Waals surface area contributed by atoms with Gasteiger partial charge in [-0.25, -0.2) is 0 Å². The van der Waals surface area contributed by atoms with E-state index in [1.807, 2.05) is 0 Å². The lowest BCUT2D eigenvalue weighted by molar-refractivity contribution is -0.149. The topological polar surface area (TPSA) is 129 Å². The molecular weight excluding hydrogens is 336 g/mol. The third-order valence-corrected chi connectivity index (χ3v) is 5.17. The van der Waals surface area contributed by atoms with Crippen molar-refractivity contribution in [3.05, 3.63) is 71.8 Å². The average Bonchev–Trinajstić information content (AvgIpc) is 2.52. The molecule has 2 unspecified atom stereocenters. The minimum absolute atomic E-state index is 0.0612. The Morgan fingerprint density at radius 1 is 0.875 bits per heavy atom. The van der Waals surface area contributed by atoms with Crippen LogP contribution in [0.3, 0.4) is 0 Å². The van der Waals surface area contributed by atoms with Gasteiger partial charge in [0.15, 0.2) is 0 Å². The average molecular weight is 350 g/mol. The van der Waals surface area contributed by atoms with Gasteiger partial charge in [0.1, 0.15) is 5.92 Å². The van der Waals surface area contributed by atoms with Gasteiger partial charge in [0.25, 0.3) is 10.1 Å². The van der Waals surface area contributed by atoms with E-state index in [9.17, 15) is 32.8 Å². The van der Waals surface area contributed by atoms with Crippen LogP contribution in [0.5, 0.6) is 0 Å². The molecule has 2 atom stereocenters. The largest absolute Gasteiger partial charge is 0.481 e. The minimum Gasteiger partial charge on any atom is -0.481 e. The van der Waals surface area contributed by atoms with E-state index in [-0.39, 0.29) is 11.1 Å². The van der Waals surface area contributed by atoms with Crippen molar-refractivity contribution in [2.24, 2.45) is 0 Å². The van der Waals surface area contributed by atoms with Gasteiger partial charge in [-0.3, -0.25) is 14.1 Å². The number of carbonyl (C=O) groups is 2. The summed E-state index contributed by atoms with van der Waals surface area (Å²) in [6.07, 6.45) is 0. The minimum atomic E-state index is -5.35. The molecule has 126 valence electrons. The molecule has 0 spiro atoms. The van der Waals surface area contributed by atoms with E-state index < -0.39 is 32.7 Å². The summed E-state index contributed by atoms with van der Waals surface area (Å²) in [4.78, 5) is 23.8. The molecule has 0 aliphatic carbocycles. The van der Waals surface area contributed by atoms with Gasteiger partial charge in [-0.05, 0) is 11.1 Å². The Morgan fingerprint density at radius 3 is 1.71 bits per heavy atom. The molecule has 0 saturated carbocycles. The van der Waals surface area contributed by atoms with Gasteiger partial charge in [0, 0.05) is 0 Å². The second-order valence-electron chi connectivity index (χ2n) is 5.06. The van der Waals surface area contributed by atoms with Crippen molar-refractivity contribution in [1.29, 1.82) is 0 Å². The van der Waals surface area contributed by atoms with Crippen molar-refractivity contribution in [2.45, 2.75) is 10.7 Å². The fourth-order valence-electron chi connectivity index (χ4n) is 2.70. The van der Waals surface area contributed by atoms with Crippen molar-refractivity contribution < 1.29 is 32.8 Å². The van der Waals surface area contributed by atoms with Gasteiger partial charge in [0.2, 0.25) is 4.75 Å². The molecule has 7 nitrogen and oxygen atoms in total. The Morgan fingerprint density at radius 2 is 1.33 bits per heavy atom. The van der Waals surface area contributed by atoms with Gasteiger partial charge in [-0.2, -0.15) is 8.42 Å². The molecule has 0 heterocycles. The number of benzene rings is 2. The van der Waals surface area contributed by atoms with Gasteiger partial charge in [-0.15, -0.1) is 0 Å². The zero-order valence-electron chi connectivity index (χ0n) is 12.2. The second-order valence-corrected chi connectivity index (χ2v) is 6.66. The highest BCUT2D eigenvalue weighted by atomic mass is 32.2. The Hall–Kier alpha value is -2.71. The third kappa shape index (κ3) is 2.77. The molecule has 0 saturated heterocycles. The summed E-state index contributed by atoms with van der Waals surface area (Å²) in [5, 5.41) is 19.3. The van der Waals surface area contributed by atoms with Crippen molar-refractivity contribution in [1.82, 2.24) is 0 Å². The normalized spacial score (nSPS) is 15.2. The number of carboxylic acids is 2. The summed E-state index contributed by atoms with van der Waals surface area (Å²) in [6.45, 7) is 0. The van der Waals surface area contributed by atoms with Crippen LogP contribution in [0.2, 0.25) is 0 Å². The highest BCUT2D eigenvalue weighted by Crippen LogP contribution is 2.44. The SMILES string of the molecule is O=C(O)C(c1ccccc1)C(C(=O)O)(c1ccccc1)S(=O)(=O)O.